The van der Waals surface area contributed by atoms with Gasteiger partial charge in [0.05, 0.1) is 11.4 Å². The second kappa shape index (κ2) is 7.62. The van der Waals surface area contributed by atoms with Crippen LogP contribution in [0.25, 0.3) is 0 Å². The van der Waals surface area contributed by atoms with Crippen molar-refractivity contribution in [2.24, 2.45) is 0 Å². The SMILES string of the molecule is CCNC(Cc1ccc(OC)nc1)Cc1ccc(Cl)s1. The number of thiophene rings is 1. The molecule has 5 heteroatoms. The molecular weight excluding hydrogens is 292 g/mol. The van der Waals surface area contributed by atoms with Crippen LogP contribution in [0, 0.1) is 0 Å². The van der Waals surface area contributed by atoms with Crippen LogP contribution in [-0.4, -0.2) is 24.7 Å². The Balaban J connectivity index is 2.00. The third-order valence-electron chi connectivity index (χ3n) is 3.06. The van der Waals surface area contributed by atoms with Crippen LogP contribution in [0.2, 0.25) is 4.34 Å². The summed E-state index contributed by atoms with van der Waals surface area (Å²) in [6.45, 7) is 3.08. The van der Waals surface area contributed by atoms with E-state index in [9.17, 15) is 0 Å². The lowest BCUT2D eigenvalue weighted by Gasteiger charge is -2.17. The van der Waals surface area contributed by atoms with Crippen molar-refractivity contribution in [2.75, 3.05) is 13.7 Å². The summed E-state index contributed by atoms with van der Waals surface area (Å²) in [6.07, 6.45) is 3.81. The van der Waals surface area contributed by atoms with E-state index in [1.165, 1.54) is 10.4 Å². The summed E-state index contributed by atoms with van der Waals surface area (Å²) in [7, 11) is 1.63. The maximum atomic E-state index is 5.99. The number of hydrogen-bond donors (Lipinski definition) is 1. The minimum Gasteiger partial charge on any atom is -0.481 e. The standard InChI is InChI=1S/C15H19ClN2OS/c1-3-17-12(9-13-5-6-14(16)20-13)8-11-4-7-15(19-2)18-10-11/h4-7,10,12,17H,3,8-9H2,1-2H3. The van der Waals surface area contributed by atoms with Crippen LogP contribution in [0.4, 0.5) is 0 Å². The second-order valence-electron chi connectivity index (χ2n) is 4.58. The molecule has 1 N–H and O–H groups in total. The van der Waals surface area contributed by atoms with Crippen molar-refractivity contribution in [1.82, 2.24) is 10.3 Å². The maximum absolute atomic E-state index is 5.99. The summed E-state index contributed by atoms with van der Waals surface area (Å²) in [5.74, 6) is 0.652. The molecule has 0 amide bonds. The molecule has 0 aromatic carbocycles. The molecule has 0 radical (unpaired) electrons. The molecule has 1 atom stereocenters. The average Bonchev–Trinajstić information content (AvgIpc) is 2.85. The molecule has 0 aliphatic rings. The Morgan fingerprint density at radius 3 is 2.70 bits per heavy atom. The molecule has 2 heterocycles. The molecule has 1 unspecified atom stereocenters. The van der Waals surface area contributed by atoms with E-state index < -0.39 is 0 Å². The van der Waals surface area contributed by atoms with Gasteiger partial charge in [-0.25, -0.2) is 4.98 Å². The number of rotatable bonds is 7. The van der Waals surface area contributed by atoms with E-state index in [1.807, 2.05) is 18.3 Å². The molecule has 108 valence electrons. The van der Waals surface area contributed by atoms with Gasteiger partial charge in [0.15, 0.2) is 0 Å². The quantitative estimate of drug-likeness (QED) is 0.849. The van der Waals surface area contributed by atoms with Crippen molar-refractivity contribution >= 4 is 22.9 Å². The van der Waals surface area contributed by atoms with Crippen LogP contribution >= 0.6 is 22.9 Å². The average molecular weight is 311 g/mol. The first kappa shape index (κ1) is 15.3. The number of aromatic nitrogens is 1. The molecule has 0 spiro atoms. The molecule has 2 aromatic rings. The van der Waals surface area contributed by atoms with Crippen LogP contribution in [0.3, 0.4) is 0 Å². The molecule has 20 heavy (non-hydrogen) atoms. The number of hydrogen-bond acceptors (Lipinski definition) is 4. The number of halogens is 1. The van der Waals surface area contributed by atoms with Gasteiger partial charge in [0, 0.05) is 23.2 Å². The summed E-state index contributed by atoms with van der Waals surface area (Å²) in [5.41, 5.74) is 1.21. The van der Waals surface area contributed by atoms with Gasteiger partial charge in [-0.1, -0.05) is 24.6 Å². The highest BCUT2D eigenvalue weighted by Crippen LogP contribution is 2.23. The van der Waals surface area contributed by atoms with E-state index in [0.29, 0.717) is 11.9 Å². The lowest BCUT2D eigenvalue weighted by molar-refractivity contribution is 0.397. The van der Waals surface area contributed by atoms with E-state index in [4.69, 9.17) is 16.3 Å². The van der Waals surface area contributed by atoms with Crippen LogP contribution < -0.4 is 10.1 Å². The van der Waals surface area contributed by atoms with Crippen molar-refractivity contribution < 1.29 is 4.74 Å². The van der Waals surface area contributed by atoms with E-state index in [0.717, 1.165) is 23.7 Å². The molecular formula is C15H19ClN2OS. The van der Waals surface area contributed by atoms with Gasteiger partial charge in [0.1, 0.15) is 0 Å². The Hall–Kier alpha value is -1.10. The zero-order valence-electron chi connectivity index (χ0n) is 11.7. The Morgan fingerprint density at radius 1 is 1.30 bits per heavy atom. The van der Waals surface area contributed by atoms with Gasteiger partial charge in [0.2, 0.25) is 5.88 Å². The summed E-state index contributed by atoms with van der Waals surface area (Å²) in [4.78, 5) is 5.56. The summed E-state index contributed by atoms with van der Waals surface area (Å²) in [6, 6.07) is 8.42. The smallest absolute Gasteiger partial charge is 0.212 e. The summed E-state index contributed by atoms with van der Waals surface area (Å²) >= 11 is 7.64. The zero-order valence-corrected chi connectivity index (χ0v) is 13.3. The molecule has 0 fully saturated rings. The Bertz CT molecular complexity index is 527. The van der Waals surface area contributed by atoms with Gasteiger partial charge in [0.25, 0.3) is 0 Å². The van der Waals surface area contributed by atoms with Gasteiger partial charge >= 0.3 is 0 Å². The molecule has 0 saturated heterocycles. The fourth-order valence-corrected chi connectivity index (χ4v) is 3.31. The van der Waals surface area contributed by atoms with Crippen molar-refractivity contribution in [1.29, 1.82) is 0 Å². The van der Waals surface area contributed by atoms with Gasteiger partial charge in [-0.15, -0.1) is 11.3 Å². The van der Waals surface area contributed by atoms with Gasteiger partial charge in [-0.2, -0.15) is 0 Å². The minimum absolute atomic E-state index is 0.393. The molecule has 0 bridgehead atoms. The Labute approximate surface area is 129 Å². The Morgan fingerprint density at radius 2 is 2.15 bits per heavy atom. The zero-order chi connectivity index (χ0) is 14.4. The monoisotopic (exact) mass is 310 g/mol. The highest BCUT2D eigenvalue weighted by molar-refractivity contribution is 7.16. The minimum atomic E-state index is 0.393. The lowest BCUT2D eigenvalue weighted by Crippen LogP contribution is -2.32. The normalized spacial score (nSPS) is 12.3. The van der Waals surface area contributed by atoms with Crippen LogP contribution in [0.5, 0.6) is 5.88 Å². The molecule has 2 rings (SSSR count). The fourth-order valence-electron chi connectivity index (χ4n) is 2.15. The third-order valence-corrected chi connectivity index (χ3v) is 4.31. The predicted octanol–water partition coefficient (Wildman–Crippen LogP) is 3.57. The molecule has 0 saturated carbocycles. The highest BCUT2D eigenvalue weighted by atomic mass is 35.5. The number of nitrogens with zero attached hydrogens (tertiary/aromatic N) is 1. The second-order valence-corrected chi connectivity index (χ2v) is 6.38. The van der Waals surface area contributed by atoms with Crippen molar-refractivity contribution in [3.8, 4) is 5.88 Å². The molecule has 2 aromatic heterocycles. The van der Waals surface area contributed by atoms with Crippen LogP contribution in [-0.2, 0) is 12.8 Å². The summed E-state index contributed by atoms with van der Waals surface area (Å²) in [5, 5.41) is 3.52. The molecule has 0 aliphatic carbocycles. The van der Waals surface area contributed by atoms with Crippen LogP contribution in [0.15, 0.2) is 30.5 Å². The van der Waals surface area contributed by atoms with Crippen molar-refractivity contribution in [2.45, 2.75) is 25.8 Å². The third kappa shape index (κ3) is 4.47. The van der Waals surface area contributed by atoms with Gasteiger partial charge in [-0.3, -0.25) is 0 Å². The van der Waals surface area contributed by atoms with E-state index >= 15 is 0 Å². The van der Waals surface area contributed by atoms with Gasteiger partial charge in [-0.05, 0) is 37.1 Å². The number of methoxy groups -OCH3 is 1. The topological polar surface area (TPSA) is 34.1 Å². The maximum Gasteiger partial charge on any atom is 0.212 e. The largest absolute Gasteiger partial charge is 0.481 e. The van der Waals surface area contributed by atoms with Gasteiger partial charge < -0.3 is 10.1 Å². The fraction of sp³-hybridized carbons (Fsp3) is 0.400. The molecule has 0 aliphatic heterocycles. The predicted molar refractivity (Wildman–Crippen MR) is 85.0 cm³/mol. The molecule has 3 nitrogen and oxygen atoms in total. The van der Waals surface area contributed by atoms with Crippen molar-refractivity contribution in [3.63, 3.8) is 0 Å². The number of likely N-dealkylation sites (N-methyl/N-ethyl adjacent to an activating group) is 1. The Kier molecular flexibility index (Phi) is 5.83. The number of nitrogens with one attached hydrogen (secondary N) is 1. The number of pyridine rings is 1. The van der Waals surface area contributed by atoms with Crippen LogP contribution in [0.1, 0.15) is 17.4 Å². The highest BCUT2D eigenvalue weighted by Gasteiger charge is 2.11. The number of ether oxygens (including phenoxy) is 1. The van der Waals surface area contributed by atoms with E-state index in [1.54, 1.807) is 18.4 Å². The van der Waals surface area contributed by atoms with E-state index in [2.05, 4.69) is 29.4 Å². The lowest BCUT2D eigenvalue weighted by atomic mass is 10.0. The summed E-state index contributed by atoms with van der Waals surface area (Å²) < 4.78 is 5.93. The van der Waals surface area contributed by atoms with Crippen molar-refractivity contribution in [3.05, 3.63) is 45.2 Å². The first-order valence-electron chi connectivity index (χ1n) is 6.67. The first-order valence-corrected chi connectivity index (χ1v) is 7.87. The first-order chi connectivity index (χ1) is 9.71. The van der Waals surface area contributed by atoms with E-state index in [-0.39, 0.29) is 0 Å².